The van der Waals surface area contributed by atoms with E-state index in [9.17, 15) is 0 Å². The molecule has 118 valence electrons. The summed E-state index contributed by atoms with van der Waals surface area (Å²) in [6.45, 7) is 2.12. The molecular formula is C18H15N5O. The molecule has 0 saturated carbocycles. The van der Waals surface area contributed by atoms with Gasteiger partial charge in [0.05, 0.1) is 0 Å². The van der Waals surface area contributed by atoms with Gasteiger partial charge < -0.3 is 4.52 Å². The van der Waals surface area contributed by atoms with Gasteiger partial charge in [0, 0.05) is 29.7 Å². The highest BCUT2D eigenvalue weighted by Gasteiger charge is 2.11. The van der Waals surface area contributed by atoms with Gasteiger partial charge in [-0.25, -0.2) is 9.67 Å². The number of benzene rings is 1. The summed E-state index contributed by atoms with van der Waals surface area (Å²) in [6, 6.07) is 13.8. The second kappa shape index (κ2) is 6.08. The molecule has 0 radical (unpaired) electrons. The molecule has 0 atom stereocenters. The van der Waals surface area contributed by atoms with Gasteiger partial charge in [-0.15, -0.1) is 0 Å². The summed E-state index contributed by atoms with van der Waals surface area (Å²) in [5.41, 5.74) is 2.98. The fourth-order valence-corrected chi connectivity index (χ4v) is 2.40. The quantitative estimate of drug-likeness (QED) is 0.576. The van der Waals surface area contributed by atoms with Gasteiger partial charge in [0.25, 0.3) is 5.89 Å². The monoisotopic (exact) mass is 317 g/mol. The minimum atomic E-state index is 0.504. The minimum absolute atomic E-state index is 0.504. The summed E-state index contributed by atoms with van der Waals surface area (Å²) in [6.07, 6.45) is 6.27. The molecule has 0 fully saturated rings. The Bertz CT molecular complexity index is 924. The Kier molecular flexibility index (Phi) is 3.63. The van der Waals surface area contributed by atoms with Crippen molar-refractivity contribution in [1.82, 2.24) is 24.9 Å². The molecule has 4 aromatic rings. The third-order valence-corrected chi connectivity index (χ3v) is 3.78. The molecule has 0 unspecified atom stereocenters. The molecule has 0 amide bonds. The lowest BCUT2D eigenvalue weighted by Crippen LogP contribution is -1.97. The maximum absolute atomic E-state index is 5.37. The van der Waals surface area contributed by atoms with Gasteiger partial charge >= 0.3 is 0 Å². The smallest absolute Gasteiger partial charge is 0.258 e. The van der Waals surface area contributed by atoms with Gasteiger partial charge in [0.1, 0.15) is 0 Å². The predicted octanol–water partition coefficient (Wildman–Crippen LogP) is 3.55. The highest BCUT2D eigenvalue weighted by Crippen LogP contribution is 2.22. The molecule has 3 heterocycles. The summed E-state index contributed by atoms with van der Waals surface area (Å²) in [5, 5.41) is 8.20. The normalized spacial score (nSPS) is 10.9. The van der Waals surface area contributed by atoms with Crippen LogP contribution in [0, 0.1) is 0 Å². The van der Waals surface area contributed by atoms with Crippen LogP contribution in [-0.2, 0) is 6.42 Å². The Morgan fingerprint density at radius 2 is 1.88 bits per heavy atom. The van der Waals surface area contributed by atoms with Gasteiger partial charge in [0.2, 0.25) is 5.82 Å². The van der Waals surface area contributed by atoms with Gasteiger partial charge in [-0.2, -0.15) is 10.1 Å². The standard InChI is InChI=1S/C18H15N5O/c1-2-13-4-6-14(7-5-13)18-21-17(22-24-18)15-8-9-16(19-12-15)23-11-3-10-20-23/h3-12H,2H2,1H3. The lowest BCUT2D eigenvalue weighted by molar-refractivity contribution is 0.432. The average molecular weight is 317 g/mol. The van der Waals surface area contributed by atoms with Crippen molar-refractivity contribution < 1.29 is 4.52 Å². The van der Waals surface area contributed by atoms with Crippen LogP contribution >= 0.6 is 0 Å². The number of aryl methyl sites for hydroxylation is 1. The van der Waals surface area contributed by atoms with Gasteiger partial charge in [-0.1, -0.05) is 24.2 Å². The second-order valence-electron chi connectivity index (χ2n) is 5.33. The molecular weight excluding hydrogens is 302 g/mol. The molecule has 3 aromatic heterocycles. The van der Waals surface area contributed by atoms with E-state index in [0.717, 1.165) is 23.4 Å². The van der Waals surface area contributed by atoms with Crippen molar-refractivity contribution in [1.29, 1.82) is 0 Å². The number of hydrogen-bond donors (Lipinski definition) is 0. The van der Waals surface area contributed by atoms with Crippen LogP contribution in [0.5, 0.6) is 0 Å². The molecule has 0 aliphatic rings. The van der Waals surface area contributed by atoms with Crippen LogP contribution in [0.2, 0.25) is 0 Å². The van der Waals surface area contributed by atoms with Gasteiger partial charge in [-0.05, 0) is 42.3 Å². The van der Waals surface area contributed by atoms with Crippen LogP contribution < -0.4 is 0 Å². The van der Waals surface area contributed by atoms with Crippen LogP contribution in [-0.4, -0.2) is 24.9 Å². The zero-order valence-corrected chi connectivity index (χ0v) is 13.1. The summed E-state index contributed by atoms with van der Waals surface area (Å²) in [4.78, 5) is 8.84. The van der Waals surface area contributed by atoms with Crippen LogP contribution in [0.4, 0.5) is 0 Å². The molecule has 0 aliphatic carbocycles. The van der Waals surface area contributed by atoms with E-state index < -0.39 is 0 Å². The topological polar surface area (TPSA) is 69.6 Å². The van der Waals surface area contributed by atoms with E-state index in [4.69, 9.17) is 4.52 Å². The fraction of sp³-hybridized carbons (Fsp3) is 0.111. The van der Waals surface area contributed by atoms with E-state index in [1.54, 1.807) is 17.1 Å². The second-order valence-corrected chi connectivity index (χ2v) is 5.33. The van der Waals surface area contributed by atoms with Crippen molar-refractivity contribution in [2.45, 2.75) is 13.3 Å². The maximum Gasteiger partial charge on any atom is 0.258 e. The number of nitrogens with zero attached hydrogens (tertiary/aromatic N) is 5. The number of aromatic nitrogens is 5. The number of pyridine rings is 1. The van der Waals surface area contributed by atoms with Crippen molar-refractivity contribution in [3.63, 3.8) is 0 Å². The molecule has 6 nitrogen and oxygen atoms in total. The largest absolute Gasteiger partial charge is 0.334 e. The highest BCUT2D eigenvalue weighted by molar-refractivity contribution is 5.59. The summed E-state index contributed by atoms with van der Waals surface area (Å²) in [7, 11) is 0. The van der Waals surface area contributed by atoms with E-state index in [1.807, 2.05) is 36.5 Å². The van der Waals surface area contributed by atoms with E-state index in [0.29, 0.717) is 11.7 Å². The van der Waals surface area contributed by atoms with Crippen LogP contribution in [0.25, 0.3) is 28.7 Å². The average Bonchev–Trinajstić information content (AvgIpc) is 3.34. The van der Waals surface area contributed by atoms with Crippen LogP contribution in [0.3, 0.4) is 0 Å². The lowest BCUT2D eigenvalue weighted by atomic mass is 10.1. The fourth-order valence-electron chi connectivity index (χ4n) is 2.40. The predicted molar refractivity (Wildman–Crippen MR) is 89.5 cm³/mol. The van der Waals surface area contributed by atoms with E-state index in [-0.39, 0.29) is 0 Å². The molecule has 1 aromatic carbocycles. The van der Waals surface area contributed by atoms with Crippen LogP contribution in [0.1, 0.15) is 12.5 Å². The zero-order chi connectivity index (χ0) is 16.4. The SMILES string of the molecule is CCc1ccc(-c2nc(-c3ccc(-n4cccn4)nc3)no2)cc1. The zero-order valence-electron chi connectivity index (χ0n) is 13.1. The molecule has 6 heteroatoms. The van der Waals surface area contributed by atoms with Gasteiger partial charge in [0.15, 0.2) is 5.82 Å². The van der Waals surface area contributed by atoms with Crippen LogP contribution in [0.15, 0.2) is 65.6 Å². The van der Waals surface area contributed by atoms with Crippen molar-refractivity contribution >= 4 is 0 Å². The molecule has 0 saturated heterocycles. The van der Waals surface area contributed by atoms with E-state index >= 15 is 0 Å². The van der Waals surface area contributed by atoms with Crippen molar-refractivity contribution in [3.05, 3.63) is 66.6 Å². The summed E-state index contributed by atoms with van der Waals surface area (Å²) >= 11 is 0. The summed E-state index contributed by atoms with van der Waals surface area (Å²) in [5.74, 6) is 1.76. The van der Waals surface area contributed by atoms with E-state index in [1.165, 1.54) is 5.56 Å². The van der Waals surface area contributed by atoms with Crippen molar-refractivity contribution in [2.24, 2.45) is 0 Å². The lowest BCUT2D eigenvalue weighted by Gasteiger charge is -2.00. The third-order valence-electron chi connectivity index (χ3n) is 3.78. The molecule has 0 bridgehead atoms. The number of hydrogen-bond acceptors (Lipinski definition) is 5. The Morgan fingerprint density at radius 3 is 2.54 bits per heavy atom. The van der Waals surface area contributed by atoms with E-state index in [2.05, 4.69) is 39.3 Å². The molecule has 0 spiro atoms. The molecule has 0 N–H and O–H groups in total. The highest BCUT2D eigenvalue weighted by atomic mass is 16.5. The first-order chi connectivity index (χ1) is 11.8. The third kappa shape index (κ3) is 2.69. The Morgan fingerprint density at radius 1 is 1.04 bits per heavy atom. The summed E-state index contributed by atoms with van der Waals surface area (Å²) < 4.78 is 7.07. The minimum Gasteiger partial charge on any atom is -0.334 e. The molecule has 4 rings (SSSR count). The Balaban J connectivity index is 1.60. The van der Waals surface area contributed by atoms with Crippen molar-refractivity contribution in [3.8, 4) is 28.7 Å². The molecule has 0 aliphatic heterocycles. The van der Waals surface area contributed by atoms with Gasteiger partial charge in [-0.3, -0.25) is 0 Å². The van der Waals surface area contributed by atoms with Crippen molar-refractivity contribution in [2.75, 3.05) is 0 Å². The maximum atomic E-state index is 5.37. The first-order valence-electron chi connectivity index (χ1n) is 7.73. The number of rotatable bonds is 4. The first kappa shape index (κ1) is 14.3. The molecule has 24 heavy (non-hydrogen) atoms. The first-order valence-corrected chi connectivity index (χ1v) is 7.73. The Labute approximate surface area is 138 Å². The Hall–Kier alpha value is -3.28.